The number of carbonyl (C=O) groups excluding carboxylic acids is 1. The Bertz CT molecular complexity index is 1380. The van der Waals surface area contributed by atoms with E-state index >= 15 is 0 Å². The summed E-state index contributed by atoms with van der Waals surface area (Å²) in [6.07, 6.45) is 6.42. The lowest BCUT2D eigenvalue weighted by Gasteiger charge is -2.56. The molecule has 1 aromatic carbocycles. The number of pyridine rings is 1. The monoisotopic (exact) mass is 511 g/mol. The molecule has 2 aromatic heterocycles. The number of amides is 1. The second-order valence-corrected chi connectivity index (χ2v) is 11.3. The third-order valence-electron chi connectivity index (χ3n) is 8.78. The molecular weight excluding hydrogens is 478 g/mol. The minimum atomic E-state index is 0.152. The number of hydrogen-bond acceptors (Lipinski definition) is 7. The number of aryl methyl sites for hydroxylation is 2. The van der Waals surface area contributed by atoms with E-state index in [-0.39, 0.29) is 5.91 Å². The summed E-state index contributed by atoms with van der Waals surface area (Å²) in [5.41, 5.74) is 7.20. The summed E-state index contributed by atoms with van der Waals surface area (Å²) in [4.78, 5) is 30.9. The molecule has 0 saturated carbocycles. The van der Waals surface area contributed by atoms with Crippen LogP contribution in [0.25, 0.3) is 11.3 Å². The van der Waals surface area contributed by atoms with E-state index in [0.29, 0.717) is 42.7 Å². The number of likely N-dealkylation sites (tertiary alicyclic amines) is 2. The van der Waals surface area contributed by atoms with Gasteiger partial charge in [0.1, 0.15) is 19.5 Å². The Balaban J connectivity index is 0.942. The highest BCUT2D eigenvalue weighted by molar-refractivity contribution is 5.78. The molecular formula is C30H33N5O3. The van der Waals surface area contributed by atoms with E-state index in [1.165, 1.54) is 23.1 Å². The summed E-state index contributed by atoms with van der Waals surface area (Å²) < 4.78 is 11.1. The lowest BCUT2D eigenvalue weighted by Crippen LogP contribution is -2.61. The van der Waals surface area contributed by atoms with Gasteiger partial charge in [0.25, 0.3) is 5.88 Å². The SMILES string of the molecule is Cc1cc(-c2ccc3c(c2)CCC3N2CC3(CCN(C(=O)Cc4ccc5c(n4)OCCO5)CC3)C2)ncn1. The maximum Gasteiger partial charge on any atom is 0.257 e. The van der Waals surface area contributed by atoms with Crippen molar-refractivity contribution in [2.75, 3.05) is 39.4 Å². The van der Waals surface area contributed by atoms with E-state index in [1.807, 2.05) is 24.0 Å². The van der Waals surface area contributed by atoms with Gasteiger partial charge in [-0.1, -0.05) is 12.1 Å². The largest absolute Gasteiger partial charge is 0.484 e. The number of ether oxygens (including phenoxy) is 2. The molecule has 196 valence electrons. The summed E-state index contributed by atoms with van der Waals surface area (Å²) >= 11 is 0. The fourth-order valence-corrected chi connectivity index (χ4v) is 6.66. The van der Waals surface area contributed by atoms with Gasteiger partial charge in [0, 0.05) is 43.5 Å². The van der Waals surface area contributed by atoms with E-state index in [4.69, 9.17) is 9.47 Å². The van der Waals surface area contributed by atoms with Crippen LogP contribution in [-0.4, -0.2) is 70.1 Å². The highest BCUT2D eigenvalue weighted by Gasteiger charge is 2.48. The number of carbonyl (C=O) groups is 1. The Morgan fingerprint density at radius 3 is 2.74 bits per heavy atom. The Labute approximate surface area is 223 Å². The zero-order chi connectivity index (χ0) is 25.7. The number of piperidine rings is 1. The Morgan fingerprint density at radius 2 is 1.89 bits per heavy atom. The normalized spacial score (nSPS) is 21.7. The van der Waals surface area contributed by atoms with Crippen LogP contribution in [0.4, 0.5) is 0 Å². The second kappa shape index (κ2) is 9.34. The van der Waals surface area contributed by atoms with Crippen molar-refractivity contribution < 1.29 is 14.3 Å². The molecule has 38 heavy (non-hydrogen) atoms. The Morgan fingerprint density at radius 1 is 1.05 bits per heavy atom. The average Bonchev–Trinajstić information content (AvgIpc) is 3.34. The molecule has 1 spiro atoms. The topological polar surface area (TPSA) is 80.7 Å². The minimum Gasteiger partial charge on any atom is -0.484 e. The first kappa shape index (κ1) is 23.6. The molecule has 0 bridgehead atoms. The van der Waals surface area contributed by atoms with E-state index in [9.17, 15) is 4.79 Å². The van der Waals surface area contributed by atoms with Crippen LogP contribution in [0.2, 0.25) is 0 Å². The minimum absolute atomic E-state index is 0.152. The standard InChI is InChI=1S/C30H33N5O3/c1-20-14-25(32-19-31-20)22-2-5-24-21(15-22)3-6-26(24)35-17-30(18-35)8-10-34(11-9-30)28(36)16-23-4-7-27-29(33-23)38-13-12-37-27/h2,4-5,7,14-15,19,26H,3,6,8-13,16-18H2,1H3. The van der Waals surface area contributed by atoms with Crippen LogP contribution in [0.5, 0.6) is 11.6 Å². The van der Waals surface area contributed by atoms with Crippen molar-refractivity contribution in [1.29, 1.82) is 0 Å². The lowest BCUT2D eigenvalue weighted by molar-refractivity contribution is -0.136. The molecule has 3 aliphatic heterocycles. The van der Waals surface area contributed by atoms with Gasteiger partial charge >= 0.3 is 0 Å². The van der Waals surface area contributed by atoms with E-state index < -0.39 is 0 Å². The van der Waals surface area contributed by atoms with Crippen molar-refractivity contribution in [3.8, 4) is 22.9 Å². The number of hydrogen-bond donors (Lipinski definition) is 0. The summed E-state index contributed by atoms with van der Waals surface area (Å²) in [7, 11) is 0. The van der Waals surface area contributed by atoms with Crippen molar-refractivity contribution in [3.05, 3.63) is 65.2 Å². The fraction of sp³-hybridized carbons (Fsp3) is 0.467. The van der Waals surface area contributed by atoms with Crippen molar-refractivity contribution in [2.45, 2.75) is 45.1 Å². The molecule has 1 atom stereocenters. The summed E-state index contributed by atoms with van der Waals surface area (Å²) in [6.45, 7) is 6.98. The zero-order valence-corrected chi connectivity index (χ0v) is 21.9. The zero-order valence-electron chi connectivity index (χ0n) is 21.9. The first-order chi connectivity index (χ1) is 18.6. The molecule has 0 N–H and O–H groups in total. The van der Waals surface area contributed by atoms with Crippen LogP contribution < -0.4 is 9.47 Å². The average molecular weight is 512 g/mol. The summed E-state index contributed by atoms with van der Waals surface area (Å²) in [5, 5.41) is 0. The molecule has 0 radical (unpaired) electrons. The van der Waals surface area contributed by atoms with Gasteiger partial charge in [0.05, 0.1) is 17.8 Å². The molecule has 8 nitrogen and oxygen atoms in total. The molecule has 1 unspecified atom stereocenters. The van der Waals surface area contributed by atoms with Crippen LogP contribution in [0.15, 0.2) is 42.7 Å². The number of rotatable bonds is 4. The molecule has 4 aliphatic rings. The van der Waals surface area contributed by atoms with Crippen molar-refractivity contribution in [1.82, 2.24) is 24.8 Å². The molecule has 2 saturated heterocycles. The van der Waals surface area contributed by atoms with Crippen LogP contribution in [0.1, 0.15) is 47.8 Å². The third kappa shape index (κ3) is 4.30. The number of benzene rings is 1. The van der Waals surface area contributed by atoms with Gasteiger partial charge in [0.2, 0.25) is 5.91 Å². The van der Waals surface area contributed by atoms with Gasteiger partial charge in [0.15, 0.2) is 5.75 Å². The van der Waals surface area contributed by atoms with Crippen LogP contribution >= 0.6 is 0 Å². The first-order valence-corrected chi connectivity index (χ1v) is 13.7. The maximum absolute atomic E-state index is 13.0. The van der Waals surface area contributed by atoms with Gasteiger partial charge in [-0.2, -0.15) is 0 Å². The Hall–Kier alpha value is -3.52. The molecule has 3 aromatic rings. The molecule has 5 heterocycles. The smallest absolute Gasteiger partial charge is 0.257 e. The molecule has 8 heteroatoms. The highest BCUT2D eigenvalue weighted by Crippen LogP contribution is 2.48. The van der Waals surface area contributed by atoms with E-state index in [2.05, 4.69) is 44.1 Å². The third-order valence-corrected chi connectivity index (χ3v) is 8.78. The van der Waals surface area contributed by atoms with Crippen LogP contribution in [-0.2, 0) is 17.6 Å². The van der Waals surface area contributed by atoms with Crippen molar-refractivity contribution >= 4 is 5.91 Å². The maximum atomic E-state index is 13.0. The summed E-state index contributed by atoms with van der Waals surface area (Å²) in [5.74, 6) is 1.32. The molecule has 1 aliphatic carbocycles. The van der Waals surface area contributed by atoms with Crippen molar-refractivity contribution in [2.24, 2.45) is 5.41 Å². The summed E-state index contributed by atoms with van der Waals surface area (Å²) in [6, 6.07) is 13.2. The van der Waals surface area contributed by atoms with Crippen molar-refractivity contribution in [3.63, 3.8) is 0 Å². The molecule has 7 rings (SSSR count). The van der Waals surface area contributed by atoms with Gasteiger partial charge in [-0.15, -0.1) is 0 Å². The highest BCUT2D eigenvalue weighted by atomic mass is 16.6. The predicted molar refractivity (Wildman–Crippen MR) is 142 cm³/mol. The predicted octanol–water partition coefficient (Wildman–Crippen LogP) is 3.77. The van der Waals surface area contributed by atoms with Gasteiger partial charge in [-0.3, -0.25) is 9.69 Å². The fourth-order valence-electron chi connectivity index (χ4n) is 6.66. The van der Waals surface area contributed by atoms with Gasteiger partial charge < -0.3 is 14.4 Å². The number of aromatic nitrogens is 3. The van der Waals surface area contributed by atoms with E-state index in [1.54, 1.807) is 6.33 Å². The quantitative estimate of drug-likeness (QED) is 0.528. The van der Waals surface area contributed by atoms with E-state index in [0.717, 1.165) is 62.5 Å². The van der Waals surface area contributed by atoms with Gasteiger partial charge in [-0.25, -0.2) is 15.0 Å². The Kier molecular flexibility index (Phi) is 5.80. The first-order valence-electron chi connectivity index (χ1n) is 13.7. The number of nitrogens with zero attached hydrogens (tertiary/aromatic N) is 5. The number of fused-ring (bicyclic) bond motifs is 2. The van der Waals surface area contributed by atoms with Crippen LogP contribution in [0, 0.1) is 12.3 Å². The van der Waals surface area contributed by atoms with Crippen LogP contribution in [0.3, 0.4) is 0 Å². The lowest BCUT2D eigenvalue weighted by atomic mass is 9.71. The molecule has 1 amide bonds. The van der Waals surface area contributed by atoms with Gasteiger partial charge in [-0.05, 0) is 73.4 Å². The molecule has 2 fully saturated rings. The second-order valence-electron chi connectivity index (χ2n) is 11.3.